The van der Waals surface area contributed by atoms with Crippen molar-refractivity contribution in [2.75, 3.05) is 11.8 Å². The molecule has 0 bridgehead atoms. The van der Waals surface area contributed by atoms with Gasteiger partial charge in [-0.05, 0) is 30.3 Å². The number of anilines is 1. The highest BCUT2D eigenvalue weighted by molar-refractivity contribution is 7.92. The molecule has 1 N–H and O–H groups in total. The van der Waals surface area contributed by atoms with Gasteiger partial charge in [0.1, 0.15) is 16.6 Å². The van der Waals surface area contributed by atoms with Gasteiger partial charge in [-0.2, -0.15) is 5.10 Å². The molecule has 6 nitrogen and oxygen atoms in total. The molecule has 0 fully saturated rings. The Kier molecular flexibility index (Phi) is 5.15. The van der Waals surface area contributed by atoms with Gasteiger partial charge in [0.2, 0.25) is 0 Å². The normalized spacial score (nSPS) is 11.3. The lowest BCUT2D eigenvalue weighted by Gasteiger charge is -2.07. The lowest BCUT2D eigenvalue weighted by atomic mass is 10.2. The van der Waals surface area contributed by atoms with E-state index in [1.165, 1.54) is 48.3 Å². The Morgan fingerprint density at radius 1 is 1.19 bits per heavy atom. The van der Waals surface area contributed by atoms with Gasteiger partial charge in [0.15, 0.2) is 5.82 Å². The summed E-state index contributed by atoms with van der Waals surface area (Å²) in [6.45, 7) is 0.122. The molecule has 0 spiro atoms. The number of ether oxygens (including phenoxy) is 1. The van der Waals surface area contributed by atoms with E-state index in [0.717, 1.165) is 0 Å². The molecular weight excluding hydrogens is 381 g/mol. The maximum atomic E-state index is 13.7. The SMILES string of the molecule is COc1ccc(S(=O)(=O)Nc2nn(Cc3ccccc3F)cc2Cl)cc1. The Hall–Kier alpha value is -2.58. The van der Waals surface area contributed by atoms with Crippen LogP contribution in [-0.2, 0) is 16.6 Å². The molecule has 1 aromatic heterocycles. The Labute approximate surface area is 155 Å². The largest absolute Gasteiger partial charge is 0.497 e. The van der Waals surface area contributed by atoms with Crippen LogP contribution in [0.3, 0.4) is 0 Å². The van der Waals surface area contributed by atoms with Gasteiger partial charge < -0.3 is 4.74 Å². The van der Waals surface area contributed by atoms with Crippen LogP contribution in [0, 0.1) is 5.82 Å². The predicted octanol–water partition coefficient (Wildman–Crippen LogP) is 3.53. The minimum Gasteiger partial charge on any atom is -0.497 e. The van der Waals surface area contributed by atoms with E-state index in [2.05, 4.69) is 9.82 Å². The highest BCUT2D eigenvalue weighted by atomic mass is 35.5. The second-order valence-corrected chi connectivity index (χ2v) is 7.49. The molecule has 0 saturated carbocycles. The number of halogens is 2. The van der Waals surface area contributed by atoms with E-state index in [4.69, 9.17) is 16.3 Å². The van der Waals surface area contributed by atoms with Gasteiger partial charge in [0, 0.05) is 11.8 Å². The third kappa shape index (κ3) is 3.97. The Morgan fingerprint density at radius 2 is 1.88 bits per heavy atom. The molecule has 3 rings (SSSR count). The average Bonchev–Trinajstić information content (AvgIpc) is 2.95. The van der Waals surface area contributed by atoms with Crippen LogP contribution < -0.4 is 9.46 Å². The molecule has 2 aromatic carbocycles. The second kappa shape index (κ2) is 7.35. The number of sulfonamides is 1. The lowest BCUT2D eigenvalue weighted by Crippen LogP contribution is -2.14. The molecule has 0 saturated heterocycles. The van der Waals surface area contributed by atoms with E-state index in [1.54, 1.807) is 18.2 Å². The fourth-order valence-electron chi connectivity index (χ4n) is 2.29. The number of benzene rings is 2. The van der Waals surface area contributed by atoms with Crippen molar-refractivity contribution in [3.05, 3.63) is 71.1 Å². The molecule has 1 heterocycles. The number of methoxy groups -OCH3 is 1. The van der Waals surface area contributed by atoms with Crippen LogP contribution in [0.5, 0.6) is 5.75 Å². The predicted molar refractivity (Wildman–Crippen MR) is 96.5 cm³/mol. The van der Waals surface area contributed by atoms with Crippen molar-refractivity contribution in [1.82, 2.24) is 9.78 Å². The Balaban J connectivity index is 1.81. The summed E-state index contributed by atoms with van der Waals surface area (Å²) in [6.07, 6.45) is 1.43. The van der Waals surface area contributed by atoms with Gasteiger partial charge >= 0.3 is 0 Å². The van der Waals surface area contributed by atoms with Crippen LogP contribution in [0.15, 0.2) is 59.6 Å². The third-order valence-corrected chi connectivity index (χ3v) is 5.24. The van der Waals surface area contributed by atoms with Crippen LogP contribution in [0.1, 0.15) is 5.56 Å². The van der Waals surface area contributed by atoms with Crippen molar-refractivity contribution in [2.45, 2.75) is 11.4 Å². The van der Waals surface area contributed by atoms with Gasteiger partial charge in [-0.25, -0.2) is 12.8 Å². The van der Waals surface area contributed by atoms with Crippen LogP contribution in [0.25, 0.3) is 0 Å². The summed E-state index contributed by atoms with van der Waals surface area (Å²) in [5.74, 6) is 0.134. The monoisotopic (exact) mass is 395 g/mol. The fourth-order valence-corrected chi connectivity index (χ4v) is 3.56. The molecule has 0 amide bonds. The van der Waals surface area contributed by atoms with Crippen LogP contribution >= 0.6 is 11.6 Å². The van der Waals surface area contributed by atoms with E-state index in [9.17, 15) is 12.8 Å². The van der Waals surface area contributed by atoms with E-state index < -0.39 is 10.0 Å². The number of rotatable bonds is 6. The molecule has 0 atom stereocenters. The van der Waals surface area contributed by atoms with E-state index in [0.29, 0.717) is 11.3 Å². The Morgan fingerprint density at radius 3 is 2.54 bits per heavy atom. The molecule has 0 aliphatic carbocycles. The molecule has 0 radical (unpaired) electrons. The minimum atomic E-state index is -3.87. The zero-order valence-electron chi connectivity index (χ0n) is 13.7. The minimum absolute atomic E-state index is 0.0289. The molecule has 9 heteroatoms. The number of aromatic nitrogens is 2. The maximum Gasteiger partial charge on any atom is 0.263 e. The molecule has 136 valence electrons. The van der Waals surface area contributed by atoms with Crippen LogP contribution in [0.4, 0.5) is 10.2 Å². The standard InChI is InChI=1S/C17H15ClFN3O3S/c1-25-13-6-8-14(9-7-13)26(23,24)21-17-15(18)11-22(20-17)10-12-4-2-3-5-16(12)19/h2-9,11H,10H2,1H3,(H,20,21). The van der Waals surface area contributed by atoms with Crippen molar-refractivity contribution in [2.24, 2.45) is 0 Å². The molecule has 3 aromatic rings. The zero-order chi connectivity index (χ0) is 18.7. The van der Waals surface area contributed by atoms with Crippen molar-refractivity contribution >= 4 is 27.4 Å². The van der Waals surface area contributed by atoms with Gasteiger partial charge in [-0.3, -0.25) is 9.40 Å². The summed E-state index contributed by atoms with van der Waals surface area (Å²) in [6, 6.07) is 12.1. The van der Waals surface area contributed by atoms with Gasteiger partial charge in [0.25, 0.3) is 10.0 Å². The first kappa shape index (κ1) is 18.2. The van der Waals surface area contributed by atoms with Gasteiger partial charge in [-0.15, -0.1) is 0 Å². The highest BCUT2D eigenvalue weighted by Gasteiger charge is 2.18. The van der Waals surface area contributed by atoms with E-state index >= 15 is 0 Å². The summed E-state index contributed by atoms with van der Waals surface area (Å²) in [5, 5.41) is 4.20. The van der Waals surface area contributed by atoms with Crippen molar-refractivity contribution < 1.29 is 17.5 Å². The summed E-state index contributed by atoms with van der Waals surface area (Å²) >= 11 is 6.07. The van der Waals surface area contributed by atoms with E-state index in [-0.39, 0.29) is 28.1 Å². The molecule has 26 heavy (non-hydrogen) atoms. The number of nitrogens with one attached hydrogen (secondary N) is 1. The summed E-state index contributed by atoms with van der Waals surface area (Å²) < 4.78 is 47.4. The quantitative estimate of drug-likeness (QED) is 0.693. The highest BCUT2D eigenvalue weighted by Crippen LogP contribution is 2.24. The first-order chi connectivity index (χ1) is 12.4. The molecule has 0 unspecified atom stereocenters. The summed E-state index contributed by atoms with van der Waals surface area (Å²) in [4.78, 5) is 0.0398. The number of nitrogens with zero attached hydrogens (tertiary/aromatic N) is 2. The molecular formula is C17H15ClFN3O3S. The van der Waals surface area contributed by atoms with Gasteiger partial charge in [-0.1, -0.05) is 29.8 Å². The van der Waals surface area contributed by atoms with Gasteiger partial charge in [0.05, 0.1) is 18.6 Å². The first-order valence-electron chi connectivity index (χ1n) is 7.52. The zero-order valence-corrected chi connectivity index (χ0v) is 15.3. The van der Waals surface area contributed by atoms with Crippen molar-refractivity contribution in [1.29, 1.82) is 0 Å². The topological polar surface area (TPSA) is 73.2 Å². The maximum absolute atomic E-state index is 13.7. The number of hydrogen-bond acceptors (Lipinski definition) is 4. The molecule has 0 aliphatic heterocycles. The van der Waals surface area contributed by atoms with Crippen molar-refractivity contribution in [3.63, 3.8) is 0 Å². The summed E-state index contributed by atoms with van der Waals surface area (Å²) in [7, 11) is -2.38. The summed E-state index contributed by atoms with van der Waals surface area (Å²) in [5.41, 5.74) is 0.413. The Bertz CT molecular complexity index is 1020. The molecule has 0 aliphatic rings. The fraction of sp³-hybridized carbons (Fsp3) is 0.118. The first-order valence-corrected chi connectivity index (χ1v) is 9.38. The lowest BCUT2D eigenvalue weighted by molar-refractivity contribution is 0.414. The third-order valence-electron chi connectivity index (χ3n) is 3.61. The van der Waals surface area contributed by atoms with Crippen LogP contribution in [-0.4, -0.2) is 25.3 Å². The second-order valence-electron chi connectivity index (χ2n) is 5.40. The van der Waals surface area contributed by atoms with Crippen LogP contribution in [0.2, 0.25) is 5.02 Å². The number of hydrogen-bond donors (Lipinski definition) is 1. The van der Waals surface area contributed by atoms with Crippen molar-refractivity contribution in [3.8, 4) is 5.75 Å². The van der Waals surface area contributed by atoms with E-state index in [1.807, 2.05) is 0 Å². The smallest absolute Gasteiger partial charge is 0.263 e. The average molecular weight is 396 g/mol.